The summed E-state index contributed by atoms with van der Waals surface area (Å²) in [5, 5.41) is 8.01. The van der Waals surface area contributed by atoms with E-state index >= 15 is 0 Å². The van der Waals surface area contributed by atoms with Crippen LogP contribution in [0, 0.1) is 17.9 Å². The fourth-order valence-corrected chi connectivity index (χ4v) is 0.102. The Hall–Kier alpha value is -0.810. The summed E-state index contributed by atoms with van der Waals surface area (Å²) in [6, 6.07) is 1.43. The van der Waals surface area contributed by atoms with Crippen molar-refractivity contribution >= 4 is 0 Å². The van der Waals surface area contributed by atoms with Crippen molar-refractivity contribution in [3.05, 3.63) is 12.2 Å². The standard InChI is InChI=1S/C5H7N2/c1-4(3-6)5(2)7/h1,5H,7H2,2H3. The molecule has 2 N–H and O–H groups in total. The molecule has 0 spiro atoms. The van der Waals surface area contributed by atoms with Gasteiger partial charge in [0.15, 0.2) is 0 Å². The van der Waals surface area contributed by atoms with Crippen LogP contribution in [0.4, 0.5) is 0 Å². The lowest BCUT2D eigenvalue weighted by Crippen LogP contribution is -2.15. The van der Waals surface area contributed by atoms with Crippen molar-refractivity contribution in [2.45, 2.75) is 13.0 Å². The highest BCUT2D eigenvalue weighted by molar-refractivity contribution is 5.18. The molecular weight excluding hydrogens is 88.1 g/mol. The van der Waals surface area contributed by atoms with Gasteiger partial charge in [0.05, 0.1) is 6.07 Å². The molecule has 0 amide bonds. The number of nitrogens with zero attached hydrogens (tertiary/aromatic N) is 1. The summed E-state index contributed by atoms with van der Waals surface area (Å²) in [7, 11) is 0. The number of rotatable bonds is 1. The monoisotopic (exact) mass is 95.1 g/mol. The van der Waals surface area contributed by atoms with Crippen molar-refractivity contribution in [3.63, 3.8) is 0 Å². The molecule has 1 radical (unpaired) electrons. The Morgan fingerprint density at radius 1 is 2.00 bits per heavy atom. The zero-order chi connectivity index (χ0) is 5.86. The van der Waals surface area contributed by atoms with E-state index in [0.717, 1.165) is 0 Å². The molecule has 0 aromatic carbocycles. The molecule has 0 saturated heterocycles. The van der Waals surface area contributed by atoms with E-state index in [4.69, 9.17) is 17.6 Å². The molecule has 0 rings (SSSR count). The van der Waals surface area contributed by atoms with Crippen LogP contribution in [-0.2, 0) is 0 Å². The van der Waals surface area contributed by atoms with E-state index in [1.165, 1.54) is 0 Å². The van der Waals surface area contributed by atoms with E-state index in [0.29, 0.717) is 0 Å². The second-order valence-corrected chi connectivity index (χ2v) is 1.36. The molecule has 0 aliphatic heterocycles. The molecule has 1 unspecified atom stereocenters. The largest absolute Gasteiger partial charge is 0.324 e. The van der Waals surface area contributed by atoms with E-state index in [1.807, 2.05) is 0 Å². The van der Waals surface area contributed by atoms with Crippen molar-refractivity contribution in [2.24, 2.45) is 5.73 Å². The molecule has 0 aromatic rings. The van der Waals surface area contributed by atoms with Gasteiger partial charge in [-0.3, -0.25) is 0 Å². The summed E-state index contributed by atoms with van der Waals surface area (Å²) in [6.45, 7) is 6.71. The summed E-state index contributed by atoms with van der Waals surface area (Å²) in [5.41, 5.74) is 5.34. The lowest BCUT2D eigenvalue weighted by Gasteiger charge is -1.95. The van der Waals surface area contributed by atoms with Crippen LogP contribution in [0.15, 0.2) is 5.57 Å². The van der Waals surface area contributed by atoms with Gasteiger partial charge in [0, 0.05) is 11.6 Å². The molecule has 7 heavy (non-hydrogen) atoms. The maximum Gasteiger partial charge on any atom is 0.0963 e. The lowest BCUT2D eigenvalue weighted by atomic mass is 10.2. The number of nitrogens with two attached hydrogens (primary N) is 1. The molecule has 1 atom stereocenters. The van der Waals surface area contributed by atoms with Gasteiger partial charge in [-0.05, 0) is 13.5 Å². The minimum absolute atomic E-state index is 0.181. The highest BCUT2D eigenvalue weighted by Crippen LogP contribution is 1.88. The van der Waals surface area contributed by atoms with Gasteiger partial charge in [0.1, 0.15) is 0 Å². The molecule has 0 aromatic heterocycles. The fourth-order valence-electron chi connectivity index (χ4n) is 0.102. The predicted octanol–water partition coefficient (Wildman–Crippen LogP) is 0.217. The average molecular weight is 95.1 g/mol. The van der Waals surface area contributed by atoms with Crippen molar-refractivity contribution in [2.75, 3.05) is 0 Å². The van der Waals surface area contributed by atoms with Crippen LogP contribution in [-0.4, -0.2) is 6.04 Å². The Labute approximate surface area is 43.2 Å². The Balaban J connectivity index is 3.64. The van der Waals surface area contributed by atoms with E-state index in [-0.39, 0.29) is 11.6 Å². The van der Waals surface area contributed by atoms with Crippen molar-refractivity contribution < 1.29 is 0 Å². The number of nitriles is 1. The molecule has 0 bridgehead atoms. The highest BCUT2D eigenvalue weighted by atomic mass is 14.6. The number of hydrogen-bond acceptors (Lipinski definition) is 2. The molecule has 2 heteroatoms. The van der Waals surface area contributed by atoms with E-state index in [9.17, 15) is 0 Å². The van der Waals surface area contributed by atoms with Crippen LogP contribution in [0.2, 0.25) is 0 Å². The minimum Gasteiger partial charge on any atom is -0.324 e. The first-order chi connectivity index (χ1) is 3.18. The van der Waals surface area contributed by atoms with Crippen molar-refractivity contribution in [1.29, 1.82) is 5.26 Å². The summed E-state index contributed by atoms with van der Waals surface area (Å²) in [6.07, 6.45) is 0. The van der Waals surface area contributed by atoms with Gasteiger partial charge in [0.25, 0.3) is 0 Å². The quantitative estimate of drug-likeness (QED) is 0.473. The maximum atomic E-state index is 8.01. The second-order valence-electron chi connectivity index (χ2n) is 1.36. The van der Waals surface area contributed by atoms with Crippen LogP contribution in [0.1, 0.15) is 6.92 Å². The Morgan fingerprint density at radius 2 is 2.43 bits per heavy atom. The lowest BCUT2D eigenvalue weighted by molar-refractivity contribution is 0.890. The molecule has 0 saturated carbocycles. The summed E-state index contributed by atoms with van der Waals surface area (Å²) in [4.78, 5) is 0. The molecule has 0 aliphatic rings. The first-order valence-electron chi connectivity index (χ1n) is 1.96. The molecular formula is C5H7N2. The first kappa shape index (κ1) is 6.19. The molecule has 0 heterocycles. The van der Waals surface area contributed by atoms with Gasteiger partial charge >= 0.3 is 0 Å². The van der Waals surface area contributed by atoms with Gasteiger partial charge in [-0.1, -0.05) is 0 Å². The Bertz CT molecular complexity index is 108. The fraction of sp³-hybridized carbons (Fsp3) is 0.400. The first-order valence-corrected chi connectivity index (χ1v) is 1.96. The van der Waals surface area contributed by atoms with E-state index < -0.39 is 0 Å². The summed E-state index contributed by atoms with van der Waals surface area (Å²) in [5.74, 6) is 0. The average Bonchev–Trinajstić information content (AvgIpc) is 1.65. The zero-order valence-corrected chi connectivity index (χ0v) is 4.18. The van der Waals surface area contributed by atoms with Gasteiger partial charge < -0.3 is 5.73 Å². The smallest absolute Gasteiger partial charge is 0.0963 e. The van der Waals surface area contributed by atoms with E-state index in [2.05, 4.69) is 0 Å². The topological polar surface area (TPSA) is 49.8 Å². The van der Waals surface area contributed by atoms with E-state index in [1.54, 1.807) is 13.0 Å². The van der Waals surface area contributed by atoms with Gasteiger partial charge in [-0.15, -0.1) is 0 Å². The van der Waals surface area contributed by atoms with Crippen LogP contribution < -0.4 is 5.73 Å². The molecule has 37 valence electrons. The zero-order valence-electron chi connectivity index (χ0n) is 4.18. The number of hydrogen-bond donors (Lipinski definition) is 1. The van der Waals surface area contributed by atoms with Crippen LogP contribution in [0.25, 0.3) is 0 Å². The van der Waals surface area contributed by atoms with Crippen LogP contribution >= 0.6 is 0 Å². The molecule has 0 fully saturated rings. The highest BCUT2D eigenvalue weighted by Gasteiger charge is 1.94. The van der Waals surface area contributed by atoms with Gasteiger partial charge in [-0.2, -0.15) is 5.26 Å². The molecule has 0 aliphatic carbocycles. The Morgan fingerprint density at radius 3 is 2.43 bits per heavy atom. The summed E-state index contributed by atoms with van der Waals surface area (Å²) >= 11 is 0. The van der Waals surface area contributed by atoms with Crippen LogP contribution in [0.5, 0.6) is 0 Å². The van der Waals surface area contributed by atoms with Crippen molar-refractivity contribution in [1.82, 2.24) is 0 Å². The third-order valence-electron chi connectivity index (χ3n) is 0.620. The van der Waals surface area contributed by atoms with Gasteiger partial charge in [0.2, 0.25) is 0 Å². The van der Waals surface area contributed by atoms with Gasteiger partial charge in [-0.25, -0.2) is 0 Å². The SMILES string of the molecule is [CH]=C(C#N)C(C)N. The van der Waals surface area contributed by atoms with Crippen molar-refractivity contribution in [3.8, 4) is 6.07 Å². The Kier molecular flexibility index (Phi) is 2.10. The third kappa shape index (κ3) is 1.96. The predicted molar refractivity (Wildman–Crippen MR) is 27.1 cm³/mol. The second kappa shape index (κ2) is 2.38. The van der Waals surface area contributed by atoms with Crippen LogP contribution in [0.3, 0.4) is 0 Å². The third-order valence-corrected chi connectivity index (χ3v) is 0.620. The minimum atomic E-state index is -0.301. The maximum absolute atomic E-state index is 8.01. The summed E-state index contributed by atoms with van der Waals surface area (Å²) < 4.78 is 0. The molecule has 2 nitrogen and oxygen atoms in total. The normalized spacial score (nSPS) is 12.1.